The lowest BCUT2D eigenvalue weighted by Crippen LogP contribution is -2.07. The van der Waals surface area contributed by atoms with Gasteiger partial charge in [0.1, 0.15) is 5.75 Å². The Kier molecular flexibility index (Phi) is 4.03. The molecule has 1 rings (SSSR count). The number of hydrogen-bond donors (Lipinski definition) is 2. The van der Waals surface area contributed by atoms with Crippen molar-refractivity contribution in [2.24, 2.45) is 0 Å². The van der Waals surface area contributed by atoms with E-state index in [-0.39, 0.29) is 11.3 Å². The van der Waals surface area contributed by atoms with Crippen LogP contribution in [0.2, 0.25) is 0 Å². The molecule has 1 aromatic rings. The number of nitrogens with zero attached hydrogens (tertiary/aromatic N) is 2. The van der Waals surface area contributed by atoms with E-state index in [9.17, 15) is 25.3 Å². The van der Waals surface area contributed by atoms with Crippen LogP contribution in [0.5, 0.6) is 5.75 Å². The van der Waals surface area contributed by atoms with Crippen molar-refractivity contribution in [2.75, 3.05) is 11.9 Å². The molecule has 0 aliphatic carbocycles. The first-order chi connectivity index (χ1) is 8.40. The number of aromatic hydroxyl groups is 1. The van der Waals surface area contributed by atoms with E-state index in [1.165, 1.54) is 6.92 Å². The van der Waals surface area contributed by atoms with E-state index < -0.39 is 27.0 Å². The normalized spacial score (nSPS) is 10.1. The van der Waals surface area contributed by atoms with E-state index >= 15 is 0 Å². The molecule has 1 aromatic carbocycles. The maximum atomic E-state index is 11.0. The minimum atomic E-state index is -0.760. The molecule has 0 bridgehead atoms. The number of anilines is 1. The molecule has 0 aliphatic rings. The van der Waals surface area contributed by atoms with Gasteiger partial charge in [0.05, 0.1) is 21.5 Å². The van der Waals surface area contributed by atoms with Gasteiger partial charge in [-0.05, 0) is 13.3 Å². The molecule has 0 aromatic heterocycles. The molecular formula is C10H13N3O5. The predicted octanol–water partition coefficient (Wildman–Crippen LogP) is 2.34. The Morgan fingerprint density at radius 1 is 1.33 bits per heavy atom. The molecular weight excluding hydrogens is 242 g/mol. The topological polar surface area (TPSA) is 119 Å². The van der Waals surface area contributed by atoms with Gasteiger partial charge in [-0.15, -0.1) is 0 Å². The third kappa shape index (κ3) is 2.47. The molecule has 0 saturated heterocycles. The number of nitro groups is 2. The van der Waals surface area contributed by atoms with Crippen LogP contribution < -0.4 is 5.32 Å². The summed E-state index contributed by atoms with van der Waals surface area (Å²) < 4.78 is 0. The maximum Gasteiger partial charge on any atom is 0.306 e. The molecule has 8 nitrogen and oxygen atoms in total. The second-order valence-corrected chi connectivity index (χ2v) is 3.70. The fourth-order valence-corrected chi connectivity index (χ4v) is 1.54. The fraction of sp³-hybridized carbons (Fsp3) is 0.400. The van der Waals surface area contributed by atoms with Crippen LogP contribution in [0.25, 0.3) is 0 Å². The van der Waals surface area contributed by atoms with Gasteiger partial charge in [-0.2, -0.15) is 0 Å². The molecule has 0 amide bonds. The number of nitrogens with one attached hydrogen (secondary N) is 1. The van der Waals surface area contributed by atoms with Gasteiger partial charge in [-0.1, -0.05) is 6.92 Å². The maximum absolute atomic E-state index is 11.0. The van der Waals surface area contributed by atoms with Crippen LogP contribution in [0, 0.1) is 27.2 Å². The summed E-state index contributed by atoms with van der Waals surface area (Å²) in [5.74, 6) is -0.463. The second-order valence-electron chi connectivity index (χ2n) is 3.70. The van der Waals surface area contributed by atoms with Gasteiger partial charge in [0, 0.05) is 6.54 Å². The summed E-state index contributed by atoms with van der Waals surface area (Å²) >= 11 is 0. The third-order valence-corrected chi connectivity index (χ3v) is 2.44. The molecule has 2 N–H and O–H groups in total. The summed E-state index contributed by atoms with van der Waals surface area (Å²) in [7, 11) is 0. The highest BCUT2D eigenvalue weighted by molar-refractivity contribution is 5.78. The van der Waals surface area contributed by atoms with Crippen LogP contribution >= 0.6 is 0 Å². The Morgan fingerprint density at radius 2 is 1.94 bits per heavy atom. The minimum Gasteiger partial charge on any atom is -0.507 e. The molecule has 98 valence electrons. The minimum absolute atomic E-state index is 0.00389. The Bertz CT molecular complexity index is 501. The van der Waals surface area contributed by atoms with Crippen LogP contribution in [0.15, 0.2) is 6.07 Å². The van der Waals surface area contributed by atoms with Gasteiger partial charge in [0.15, 0.2) is 5.69 Å². The molecule has 0 saturated carbocycles. The van der Waals surface area contributed by atoms with Crippen molar-refractivity contribution >= 4 is 17.1 Å². The molecule has 0 atom stereocenters. The SMILES string of the molecule is CCCNc1c([N+](=O)[O-])cc(O)c(C)c1[N+](=O)[O-]. The van der Waals surface area contributed by atoms with Gasteiger partial charge < -0.3 is 10.4 Å². The molecule has 0 fully saturated rings. The van der Waals surface area contributed by atoms with Crippen LogP contribution in [0.3, 0.4) is 0 Å². The van der Waals surface area contributed by atoms with Crippen molar-refractivity contribution < 1.29 is 15.0 Å². The average molecular weight is 255 g/mol. The highest BCUT2D eigenvalue weighted by atomic mass is 16.6. The largest absolute Gasteiger partial charge is 0.507 e. The quantitative estimate of drug-likeness (QED) is 0.473. The summed E-state index contributed by atoms with van der Waals surface area (Å²) in [6.07, 6.45) is 0.661. The Morgan fingerprint density at radius 3 is 2.39 bits per heavy atom. The zero-order valence-electron chi connectivity index (χ0n) is 9.97. The van der Waals surface area contributed by atoms with E-state index in [4.69, 9.17) is 0 Å². The predicted molar refractivity (Wildman–Crippen MR) is 64.9 cm³/mol. The van der Waals surface area contributed by atoms with Gasteiger partial charge in [-0.25, -0.2) is 0 Å². The monoisotopic (exact) mass is 255 g/mol. The molecule has 0 radical (unpaired) electrons. The van der Waals surface area contributed by atoms with E-state index in [1.807, 2.05) is 6.92 Å². The average Bonchev–Trinajstić information content (AvgIpc) is 2.29. The zero-order valence-corrected chi connectivity index (χ0v) is 9.97. The second kappa shape index (κ2) is 5.30. The number of nitro benzene ring substituents is 2. The zero-order chi connectivity index (χ0) is 13.9. The number of benzene rings is 1. The smallest absolute Gasteiger partial charge is 0.306 e. The van der Waals surface area contributed by atoms with Crippen LogP contribution in [0.1, 0.15) is 18.9 Å². The lowest BCUT2D eigenvalue weighted by molar-refractivity contribution is -0.392. The number of phenols is 1. The summed E-state index contributed by atoms with van der Waals surface area (Å²) in [4.78, 5) is 20.3. The summed E-state index contributed by atoms with van der Waals surface area (Å²) in [5, 5.41) is 34.0. The van der Waals surface area contributed by atoms with Crippen LogP contribution in [-0.2, 0) is 0 Å². The summed E-state index contributed by atoms with van der Waals surface area (Å²) in [5.41, 5.74) is -1.13. The van der Waals surface area contributed by atoms with E-state index in [1.54, 1.807) is 0 Å². The van der Waals surface area contributed by atoms with Gasteiger partial charge in [-0.3, -0.25) is 20.2 Å². The number of rotatable bonds is 5. The van der Waals surface area contributed by atoms with Crippen molar-refractivity contribution in [3.63, 3.8) is 0 Å². The summed E-state index contributed by atoms with van der Waals surface area (Å²) in [6, 6.07) is 0.917. The summed E-state index contributed by atoms with van der Waals surface area (Å²) in [6.45, 7) is 3.54. The number of hydrogen-bond acceptors (Lipinski definition) is 6. The van der Waals surface area contributed by atoms with Crippen molar-refractivity contribution in [3.05, 3.63) is 31.9 Å². The molecule has 8 heteroatoms. The van der Waals surface area contributed by atoms with Crippen molar-refractivity contribution in [3.8, 4) is 5.75 Å². The van der Waals surface area contributed by atoms with Crippen molar-refractivity contribution in [2.45, 2.75) is 20.3 Å². The first-order valence-corrected chi connectivity index (χ1v) is 5.29. The van der Waals surface area contributed by atoms with Gasteiger partial charge >= 0.3 is 11.4 Å². The first-order valence-electron chi connectivity index (χ1n) is 5.29. The molecule has 0 aliphatic heterocycles. The lowest BCUT2D eigenvalue weighted by atomic mass is 10.1. The molecule has 18 heavy (non-hydrogen) atoms. The Balaban J connectivity index is 3.52. The van der Waals surface area contributed by atoms with Crippen molar-refractivity contribution in [1.29, 1.82) is 0 Å². The van der Waals surface area contributed by atoms with E-state index in [0.29, 0.717) is 13.0 Å². The van der Waals surface area contributed by atoms with Gasteiger partial charge in [0.25, 0.3) is 0 Å². The fourth-order valence-electron chi connectivity index (χ4n) is 1.54. The molecule has 0 spiro atoms. The van der Waals surface area contributed by atoms with Gasteiger partial charge in [0.2, 0.25) is 0 Å². The first kappa shape index (κ1) is 13.7. The Hall–Kier alpha value is -2.38. The molecule has 0 unspecified atom stereocenters. The van der Waals surface area contributed by atoms with Crippen molar-refractivity contribution in [1.82, 2.24) is 0 Å². The van der Waals surface area contributed by atoms with E-state index in [2.05, 4.69) is 5.32 Å². The standard InChI is InChI=1S/C10H13N3O5/c1-3-4-11-9-7(12(15)16)5-8(14)6(2)10(9)13(17)18/h5,11,14H,3-4H2,1-2H3. The van der Waals surface area contributed by atoms with Crippen LogP contribution in [0.4, 0.5) is 17.1 Å². The Labute approximate surface area is 103 Å². The van der Waals surface area contributed by atoms with Crippen LogP contribution in [-0.4, -0.2) is 21.5 Å². The molecule has 0 heterocycles. The highest BCUT2D eigenvalue weighted by Crippen LogP contribution is 2.41. The lowest BCUT2D eigenvalue weighted by Gasteiger charge is -2.09. The third-order valence-electron chi connectivity index (χ3n) is 2.44. The number of phenolic OH excluding ortho intramolecular Hbond substituents is 1. The highest BCUT2D eigenvalue weighted by Gasteiger charge is 2.30. The van der Waals surface area contributed by atoms with E-state index in [0.717, 1.165) is 6.07 Å².